The molecule has 1 aromatic rings. The van der Waals surface area contributed by atoms with E-state index in [-0.39, 0.29) is 23.9 Å². The van der Waals surface area contributed by atoms with Gasteiger partial charge in [0.15, 0.2) is 5.96 Å². The summed E-state index contributed by atoms with van der Waals surface area (Å²) in [6, 6.07) is 4.15. The Morgan fingerprint density at radius 3 is 2.82 bits per heavy atom. The minimum absolute atomic E-state index is 0.127. The van der Waals surface area contributed by atoms with E-state index in [2.05, 4.69) is 41.2 Å². The fourth-order valence-corrected chi connectivity index (χ4v) is 4.01. The highest BCUT2D eigenvalue weighted by atomic mass is 16.5. The number of ether oxygens (including phenoxy) is 3. The molecule has 1 aromatic carbocycles. The van der Waals surface area contributed by atoms with Gasteiger partial charge in [-0.1, -0.05) is 6.92 Å². The van der Waals surface area contributed by atoms with Gasteiger partial charge in [0, 0.05) is 44.2 Å². The zero-order valence-electron chi connectivity index (χ0n) is 17.4. The molecular weight excluding hydrogens is 358 g/mol. The van der Waals surface area contributed by atoms with Crippen molar-refractivity contribution in [2.75, 3.05) is 33.9 Å². The van der Waals surface area contributed by atoms with Gasteiger partial charge in [0.05, 0.1) is 19.6 Å². The van der Waals surface area contributed by atoms with E-state index >= 15 is 0 Å². The highest BCUT2D eigenvalue weighted by Crippen LogP contribution is 2.35. The number of hydrogen-bond donors (Lipinski definition) is 1. The van der Waals surface area contributed by atoms with Gasteiger partial charge in [-0.3, -0.25) is 9.79 Å². The zero-order chi connectivity index (χ0) is 20.3. The van der Waals surface area contributed by atoms with E-state index in [9.17, 15) is 4.79 Å². The minimum Gasteiger partial charge on any atom is -0.494 e. The molecule has 3 unspecified atom stereocenters. The highest BCUT2D eigenvalue weighted by Gasteiger charge is 2.37. The number of nitrogens with zero attached hydrogens (tertiary/aromatic N) is 2. The molecule has 1 fully saturated rings. The van der Waals surface area contributed by atoms with Crippen LogP contribution in [-0.2, 0) is 22.5 Å². The van der Waals surface area contributed by atoms with Crippen molar-refractivity contribution in [2.45, 2.75) is 39.8 Å². The Labute approximate surface area is 167 Å². The second kappa shape index (κ2) is 8.71. The van der Waals surface area contributed by atoms with Gasteiger partial charge in [0.25, 0.3) is 0 Å². The Morgan fingerprint density at radius 1 is 1.36 bits per heavy atom. The molecule has 1 N–H and O–H groups in total. The molecule has 7 heteroatoms. The first-order valence-corrected chi connectivity index (χ1v) is 9.95. The van der Waals surface area contributed by atoms with Gasteiger partial charge in [-0.25, -0.2) is 0 Å². The molecule has 0 spiro atoms. The van der Waals surface area contributed by atoms with Gasteiger partial charge >= 0.3 is 5.97 Å². The van der Waals surface area contributed by atoms with Crippen LogP contribution < -0.4 is 14.8 Å². The molecule has 3 atom stereocenters. The standard InChI is InChI=1S/C21H31N3O4/c1-6-27-18-8-15-7-14(3)28-19(15)9-16(18)10-23-21(22-4)24-11-13(2)17(12-24)20(25)26-5/h8-9,13-14,17H,6-7,10-12H2,1-5H3,(H,22,23). The lowest BCUT2D eigenvalue weighted by molar-refractivity contribution is -0.145. The molecular formula is C21H31N3O4. The van der Waals surface area contributed by atoms with Crippen LogP contribution in [0.3, 0.4) is 0 Å². The summed E-state index contributed by atoms with van der Waals surface area (Å²) in [4.78, 5) is 18.5. The third-order valence-corrected chi connectivity index (χ3v) is 5.44. The number of nitrogens with one attached hydrogen (secondary N) is 1. The van der Waals surface area contributed by atoms with Crippen molar-refractivity contribution in [3.05, 3.63) is 23.3 Å². The summed E-state index contributed by atoms with van der Waals surface area (Å²) < 4.78 is 16.7. The largest absolute Gasteiger partial charge is 0.494 e. The maximum atomic E-state index is 12.0. The summed E-state index contributed by atoms with van der Waals surface area (Å²) in [6.07, 6.45) is 1.10. The molecule has 0 amide bonds. The summed E-state index contributed by atoms with van der Waals surface area (Å²) in [7, 11) is 3.20. The lowest BCUT2D eigenvalue weighted by Gasteiger charge is -2.22. The fourth-order valence-electron chi connectivity index (χ4n) is 4.01. The van der Waals surface area contributed by atoms with Crippen LogP contribution in [0.4, 0.5) is 0 Å². The lowest BCUT2D eigenvalue weighted by atomic mass is 9.99. The molecule has 2 heterocycles. The summed E-state index contributed by atoms with van der Waals surface area (Å²) >= 11 is 0. The van der Waals surface area contributed by atoms with E-state index < -0.39 is 0 Å². The van der Waals surface area contributed by atoms with Crippen molar-refractivity contribution in [3.63, 3.8) is 0 Å². The number of methoxy groups -OCH3 is 1. The van der Waals surface area contributed by atoms with Crippen molar-refractivity contribution in [1.82, 2.24) is 10.2 Å². The van der Waals surface area contributed by atoms with Crippen LogP contribution in [0.25, 0.3) is 0 Å². The molecule has 3 rings (SSSR count). The molecule has 28 heavy (non-hydrogen) atoms. The number of carbonyl (C=O) groups is 1. The number of rotatable bonds is 5. The van der Waals surface area contributed by atoms with Crippen molar-refractivity contribution in [3.8, 4) is 11.5 Å². The number of aliphatic imine (C=N–C) groups is 1. The van der Waals surface area contributed by atoms with Crippen LogP contribution in [0, 0.1) is 11.8 Å². The van der Waals surface area contributed by atoms with Gasteiger partial charge in [-0.15, -0.1) is 0 Å². The quantitative estimate of drug-likeness (QED) is 0.473. The summed E-state index contributed by atoms with van der Waals surface area (Å²) in [5.74, 6) is 2.52. The van der Waals surface area contributed by atoms with Crippen molar-refractivity contribution in [1.29, 1.82) is 0 Å². The van der Waals surface area contributed by atoms with Gasteiger partial charge < -0.3 is 24.4 Å². The number of guanidine groups is 1. The second-order valence-corrected chi connectivity index (χ2v) is 7.55. The normalized spacial score (nSPS) is 24.0. The molecule has 154 valence electrons. The Kier molecular flexibility index (Phi) is 6.31. The van der Waals surface area contributed by atoms with E-state index in [1.54, 1.807) is 7.05 Å². The van der Waals surface area contributed by atoms with Gasteiger partial charge in [0.2, 0.25) is 0 Å². The first-order chi connectivity index (χ1) is 13.5. The van der Waals surface area contributed by atoms with Crippen LogP contribution >= 0.6 is 0 Å². The second-order valence-electron chi connectivity index (χ2n) is 7.55. The first kappa shape index (κ1) is 20.3. The van der Waals surface area contributed by atoms with E-state index in [4.69, 9.17) is 14.2 Å². The lowest BCUT2D eigenvalue weighted by Crippen LogP contribution is -2.40. The summed E-state index contributed by atoms with van der Waals surface area (Å²) in [6.45, 7) is 8.69. The van der Waals surface area contributed by atoms with Crippen LogP contribution in [0.2, 0.25) is 0 Å². The van der Waals surface area contributed by atoms with E-state index in [1.165, 1.54) is 12.7 Å². The number of hydrogen-bond acceptors (Lipinski definition) is 5. The van der Waals surface area contributed by atoms with Crippen LogP contribution in [0.1, 0.15) is 31.9 Å². The van der Waals surface area contributed by atoms with Gasteiger partial charge in [-0.05, 0) is 31.9 Å². The number of esters is 1. The summed E-state index contributed by atoms with van der Waals surface area (Å²) in [5.41, 5.74) is 2.23. The Hall–Kier alpha value is -2.44. The SMILES string of the molecule is CCOc1cc2c(cc1CNC(=NC)N1CC(C)C(C(=O)OC)C1)OC(C)C2. The molecule has 0 bridgehead atoms. The molecule has 2 aliphatic rings. The first-order valence-electron chi connectivity index (χ1n) is 9.95. The third kappa shape index (κ3) is 4.18. The maximum Gasteiger partial charge on any atom is 0.310 e. The predicted octanol–water partition coefficient (Wildman–Crippen LogP) is 2.22. The molecule has 0 saturated carbocycles. The van der Waals surface area contributed by atoms with Gasteiger partial charge in [-0.2, -0.15) is 0 Å². The zero-order valence-corrected chi connectivity index (χ0v) is 17.4. The monoisotopic (exact) mass is 389 g/mol. The Balaban J connectivity index is 1.70. The molecule has 0 aliphatic carbocycles. The van der Waals surface area contributed by atoms with Crippen molar-refractivity contribution >= 4 is 11.9 Å². The molecule has 0 aromatic heterocycles. The van der Waals surface area contributed by atoms with Crippen LogP contribution in [-0.4, -0.2) is 56.8 Å². The van der Waals surface area contributed by atoms with Gasteiger partial charge in [0.1, 0.15) is 17.6 Å². The number of carbonyl (C=O) groups excluding carboxylic acids is 1. The number of likely N-dealkylation sites (tertiary alicyclic amines) is 1. The average Bonchev–Trinajstić information content (AvgIpc) is 3.23. The van der Waals surface area contributed by atoms with Crippen LogP contribution in [0.15, 0.2) is 17.1 Å². The average molecular weight is 389 g/mol. The molecule has 1 saturated heterocycles. The smallest absolute Gasteiger partial charge is 0.310 e. The van der Waals surface area contributed by atoms with Crippen molar-refractivity contribution in [2.24, 2.45) is 16.8 Å². The maximum absolute atomic E-state index is 12.0. The molecule has 7 nitrogen and oxygen atoms in total. The highest BCUT2D eigenvalue weighted by molar-refractivity contribution is 5.82. The predicted molar refractivity (Wildman–Crippen MR) is 108 cm³/mol. The summed E-state index contributed by atoms with van der Waals surface area (Å²) in [5, 5.41) is 3.42. The van der Waals surface area contributed by atoms with Crippen LogP contribution in [0.5, 0.6) is 11.5 Å². The topological polar surface area (TPSA) is 72.4 Å². The van der Waals surface area contributed by atoms with E-state index in [0.29, 0.717) is 19.7 Å². The third-order valence-electron chi connectivity index (χ3n) is 5.44. The Morgan fingerprint density at radius 2 is 2.14 bits per heavy atom. The minimum atomic E-state index is -0.158. The molecule has 0 radical (unpaired) electrons. The van der Waals surface area contributed by atoms with E-state index in [0.717, 1.165) is 36.0 Å². The number of benzene rings is 1. The van der Waals surface area contributed by atoms with E-state index in [1.807, 2.05) is 6.92 Å². The fraction of sp³-hybridized carbons (Fsp3) is 0.619. The Bertz CT molecular complexity index is 749. The number of fused-ring (bicyclic) bond motifs is 1. The van der Waals surface area contributed by atoms with Crippen molar-refractivity contribution < 1.29 is 19.0 Å². The molecule has 2 aliphatic heterocycles.